The van der Waals surface area contributed by atoms with Gasteiger partial charge in [0.1, 0.15) is 18.7 Å². The standard InChI is InChI=1S/C18H24N4O/c1-14(22-13-19-12-20-22)18(23)21-17-10-6-5-9-16(17)11-15-7-3-2-4-8-15/h2-4,7-8,12-14,16-17H,5-6,9-11H2,1H3,(H,21,23)/t14-,16+,17+/m1/s1. The molecule has 1 amide bonds. The molecule has 23 heavy (non-hydrogen) atoms. The Kier molecular flexibility index (Phi) is 5.05. The molecule has 5 heteroatoms. The molecule has 1 aromatic heterocycles. The van der Waals surface area contributed by atoms with E-state index in [2.05, 4.69) is 39.7 Å². The number of amides is 1. The Hall–Kier alpha value is -2.17. The van der Waals surface area contributed by atoms with E-state index in [1.807, 2.05) is 13.0 Å². The van der Waals surface area contributed by atoms with Crippen molar-refractivity contribution in [2.75, 3.05) is 0 Å². The Morgan fingerprint density at radius 3 is 2.83 bits per heavy atom. The third kappa shape index (κ3) is 3.97. The summed E-state index contributed by atoms with van der Waals surface area (Å²) < 4.78 is 1.60. The van der Waals surface area contributed by atoms with E-state index >= 15 is 0 Å². The lowest BCUT2D eigenvalue weighted by Gasteiger charge is -2.33. The topological polar surface area (TPSA) is 59.8 Å². The summed E-state index contributed by atoms with van der Waals surface area (Å²) in [5.74, 6) is 0.540. The van der Waals surface area contributed by atoms with E-state index in [1.54, 1.807) is 11.0 Å². The molecule has 0 radical (unpaired) electrons. The van der Waals surface area contributed by atoms with E-state index in [4.69, 9.17) is 0 Å². The molecule has 3 rings (SSSR count). The summed E-state index contributed by atoms with van der Waals surface area (Å²) in [6.07, 6.45) is 8.76. The fourth-order valence-corrected chi connectivity index (χ4v) is 3.40. The lowest BCUT2D eigenvalue weighted by atomic mass is 9.80. The monoisotopic (exact) mass is 312 g/mol. The minimum absolute atomic E-state index is 0.0282. The van der Waals surface area contributed by atoms with Crippen molar-refractivity contribution in [2.45, 2.75) is 51.1 Å². The van der Waals surface area contributed by atoms with Gasteiger partial charge in [0, 0.05) is 6.04 Å². The average Bonchev–Trinajstić information content (AvgIpc) is 3.11. The second-order valence-electron chi connectivity index (χ2n) is 6.40. The summed E-state index contributed by atoms with van der Waals surface area (Å²) in [6, 6.07) is 10.5. The van der Waals surface area contributed by atoms with Gasteiger partial charge < -0.3 is 5.32 Å². The van der Waals surface area contributed by atoms with Crippen LogP contribution < -0.4 is 5.32 Å². The smallest absolute Gasteiger partial charge is 0.244 e. The summed E-state index contributed by atoms with van der Waals surface area (Å²) in [7, 11) is 0. The molecule has 3 atom stereocenters. The maximum atomic E-state index is 12.5. The van der Waals surface area contributed by atoms with E-state index in [0.717, 1.165) is 12.8 Å². The first-order valence-electron chi connectivity index (χ1n) is 8.42. The first kappa shape index (κ1) is 15.7. The number of nitrogens with one attached hydrogen (secondary N) is 1. The Balaban J connectivity index is 1.63. The predicted molar refractivity (Wildman–Crippen MR) is 88.8 cm³/mol. The molecule has 1 saturated carbocycles. The number of hydrogen-bond donors (Lipinski definition) is 1. The molecule has 5 nitrogen and oxygen atoms in total. The van der Waals surface area contributed by atoms with Crippen LogP contribution in [0, 0.1) is 5.92 Å². The van der Waals surface area contributed by atoms with Crippen LogP contribution in [0.5, 0.6) is 0 Å². The molecule has 122 valence electrons. The van der Waals surface area contributed by atoms with Crippen LogP contribution in [-0.2, 0) is 11.2 Å². The largest absolute Gasteiger partial charge is 0.351 e. The van der Waals surface area contributed by atoms with Crippen LogP contribution in [0.25, 0.3) is 0 Å². The van der Waals surface area contributed by atoms with E-state index in [-0.39, 0.29) is 18.0 Å². The van der Waals surface area contributed by atoms with Crippen LogP contribution in [-0.4, -0.2) is 26.7 Å². The fraction of sp³-hybridized carbons (Fsp3) is 0.500. The lowest BCUT2D eigenvalue weighted by molar-refractivity contribution is -0.125. The molecule has 0 bridgehead atoms. The molecule has 2 aromatic rings. The first-order chi connectivity index (χ1) is 11.2. The van der Waals surface area contributed by atoms with E-state index in [1.165, 1.54) is 31.2 Å². The number of nitrogens with zero attached hydrogens (tertiary/aromatic N) is 3. The summed E-state index contributed by atoms with van der Waals surface area (Å²) in [5, 5.41) is 7.31. The zero-order valence-corrected chi connectivity index (χ0v) is 13.6. The van der Waals surface area contributed by atoms with Crippen LogP contribution in [0.3, 0.4) is 0 Å². The highest BCUT2D eigenvalue weighted by atomic mass is 16.2. The second-order valence-corrected chi connectivity index (χ2v) is 6.40. The SMILES string of the molecule is C[C@H](C(=O)N[C@H]1CCCC[C@H]1Cc1ccccc1)n1cncn1. The molecule has 0 unspecified atom stereocenters. The molecule has 1 aliphatic carbocycles. The molecule has 1 aromatic carbocycles. The van der Waals surface area contributed by atoms with Crippen LogP contribution in [0.15, 0.2) is 43.0 Å². The van der Waals surface area contributed by atoms with Crippen LogP contribution in [0.2, 0.25) is 0 Å². The highest BCUT2D eigenvalue weighted by Gasteiger charge is 2.28. The van der Waals surface area contributed by atoms with E-state index < -0.39 is 0 Å². The van der Waals surface area contributed by atoms with Crippen molar-refractivity contribution in [3.05, 3.63) is 48.5 Å². The maximum absolute atomic E-state index is 12.5. The number of carbonyl (C=O) groups excluding carboxylic acids is 1. The lowest BCUT2D eigenvalue weighted by Crippen LogP contribution is -2.45. The van der Waals surface area contributed by atoms with Gasteiger partial charge in [-0.05, 0) is 37.7 Å². The Morgan fingerprint density at radius 1 is 1.30 bits per heavy atom. The molecule has 1 heterocycles. The van der Waals surface area contributed by atoms with Gasteiger partial charge in [-0.2, -0.15) is 5.10 Å². The van der Waals surface area contributed by atoms with Crippen LogP contribution in [0.4, 0.5) is 0 Å². The van der Waals surface area contributed by atoms with Gasteiger partial charge in [0.15, 0.2) is 0 Å². The minimum atomic E-state index is -0.322. The minimum Gasteiger partial charge on any atom is -0.351 e. The van der Waals surface area contributed by atoms with Gasteiger partial charge >= 0.3 is 0 Å². The average molecular weight is 312 g/mol. The van der Waals surface area contributed by atoms with Crippen molar-refractivity contribution >= 4 is 5.91 Å². The molecule has 0 aliphatic heterocycles. The second kappa shape index (κ2) is 7.40. The molecule has 0 spiro atoms. The zero-order chi connectivity index (χ0) is 16.1. The molecular formula is C18H24N4O. The number of carbonyl (C=O) groups is 1. The maximum Gasteiger partial charge on any atom is 0.244 e. The summed E-state index contributed by atoms with van der Waals surface area (Å²) in [4.78, 5) is 16.4. The van der Waals surface area contributed by atoms with Crippen molar-refractivity contribution < 1.29 is 4.79 Å². The van der Waals surface area contributed by atoms with E-state index in [9.17, 15) is 4.79 Å². The Morgan fingerprint density at radius 2 is 2.09 bits per heavy atom. The van der Waals surface area contributed by atoms with Crippen LogP contribution >= 0.6 is 0 Å². The third-order valence-corrected chi connectivity index (χ3v) is 4.79. The quantitative estimate of drug-likeness (QED) is 0.923. The van der Waals surface area contributed by atoms with Gasteiger partial charge in [0.05, 0.1) is 0 Å². The molecule has 1 aliphatic rings. The van der Waals surface area contributed by atoms with Gasteiger partial charge in [0.25, 0.3) is 0 Å². The van der Waals surface area contributed by atoms with Gasteiger partial charge in [-0.25, -0.2) is 9.67 Å². The van der Waals surface area contributed by atoms with Gasteiger partial charge in [-0.1, -0.05) is 43.2 Å². The molecule has 1 N–H and O–H groups in total. The molecule has 1 fully saturated rings. The van der Waals surface area contributed by atoms with Crippen molar-refractivity contribution in [1.29, 1.82) is 0 Å². The molecule has 0 saturated heterocycles. The fourth-order valence-electron chi connectivity index (χ4n) is 3.40. The molecular weight excluding hydrogens is 288 g/mol. The number of hydrogen-bond acceptors (Lipinski definition) is 3. The highest BCUT2D eigenvalue weighted by molar-refractivity contribution is 5.80. The third-order valence-electron chi connectivity index (χ3n) is 4.79. The van der Waals surface area contributed by atoms with Gasteiger partial charge in [0.2, 0.25) is 5.91 Å². The number of benzene rings is 1. The number of rotatable bonds is 5. The van der Waals surface area contributed by atoms with Gasteiger partial charge in [-0.3, -0.25) is 4.79 Å². The Bertz CT molecular complexity index is 611. The van der Waals surface area contributed by atoms with Crippen LogP contribution in [0.1, 0.15) is 44.2 Å². The van der Waals surface area contributed by atoms with E-state index in [0.29, 0.717) is 5.92 Å². The summed E-state index contributed by atoms with van der Waals surface area (Å²) in [6.45, 7) is 1.86. The highest BCUT2D eigenvalue weighted by Crippen LogP contribution is 2.28. The normalized spacial score (nSPS) is 22.5. The van der Waals surface area contributed by atoms with Crippen molar-refractivity contribution in [1.82, 2.24) is 20.1 Å². The summed E-state index contributed by atoms with van der Waals surface area (Å²) in [5.41, 5.74) is 1.35. The predicted octanol–water partition coefficient (Wildman–Crippen LogP) is 2.76. The zero-order valence-electron chi connectivity index (χ0n) is 13.6. The van der Waals surface area contributed by atoms with Crippen molar-refractivity contribution in [3.8, 4) is 0 Å². The summed E-state index contributed by atoms with van der Waals surface area (Å²) >= 11 is 0. The number of aromatic nitrogens is 3. The van der Waals surface area contributed by atoms with Crippen molar-refractivity contribution in [3.63, 3.8) is 0 Å². The Labute approximate surface area is 137 Å². The first-order valence-corrected chi connectivity index (χ1v) is 8.42. The van der Waals surface area contributed by atoms with Gasteiger partial charge in [-0.15, -0.1) is 0 Å². The van der Waals surface area contributed by atoms with Crippen molar-refractivity contribution in [2.24, 2.45) is 5.92 Å².